The average Bonchev–Trinajstić information content (AvgIpc) is 2.05. The summed E-state index contributed by atoms with van der Waals surface area (Å²) in [6.45, 7) is 6.80. The normalized spacial score (nSPS) is 24.5. The average molecular weight is 151 g/mol. The molecule has 1 rings (SSSR count). The van der Waals surface area contributed by atoms with Crippen molar-refractivity contribution in [3.63, 3.8) is 0 Å². The van der Waals surface area contributed by atoms with Crippen LogP contribution in [0.25, 0.3) is 0 Å². The topological polar surface area (TPSA) is 3.24 Å². The zero-order valence-electron chi connectivity index (χ0n) is 7.51. The first-order valence-corrected chi connectivity index (χ1v) is 4.44. The fourth-order valence-electron chi connectivity index (χ4n) is 1.52. The lowest BCUT2D eigenvalue weighted by Crippen LogP contribution is -2.38. The molecule has 62 valence electrons. The van der Waals surface area contributed by atoms with E-state index in [1.807, 2.05) is 0 Å². The van der Waals surface area contributed by atoms with E-state index in [0.717, 1.165) is 5.92 Å². The summed E-state index contributed by atoms with van der Waals surface area (Å²) in [7, 11) is 0. The van der Waals surface area contributed by atoms with Gasteiger partial charge in [0.15, 0.2) is 0 Å². The monoisotopic (exact) mass is 151 g/mol. The maximum Gasteiger partial charge on any atom is 0.0683 e. The maximum atomic E-state index is 5.35. The molecular formula is C10H17N. The predicted molar refractivity (Wildman–Crippen MR) is 48.3 cm³/mol. The Morgan fingerprint density at radius 3 is 2.45 bits per heavy atom. The van der Waals surface area contributed by atoms with Gasteiger partial charge in [-0.05, 0) is 38.8 Å². The number of nitrogens with zero attached hydrogens (tertiary/aromatic N) is 1. The maximum absolute atomic E-state index is 5.35. The van der Waals surface area contributed by atoms with Gasteiger partial charge in [0.05, 0.1) is 6.04 Å². The van der Waals surface area contributed by atoms with Gasteiger partial charge in [0.2, 0.25) is 0 Å². The van der Waals surface area contributed by atoms with E-state index in [0.29, 0.717) is 6.04 Å². The van der Waals surface area contributed by atoms with E-state index < -0.39 is 0 Å². The Morgan fingerprint density at radius 2 is 2.00 bits per heavy atom. The highest BCUT2D eigenvalue weighted by atomic mass is 15.1. The lowest BCUT2D eigenvalue weighted by molar-refractivity contribution is 0.173. The summed E-state index contributed by atoms with van der Waals surface area (Å²) in [6.07, 6.45) is 7.97. The third kappa shape index (κ3) is 2.24. The molecule has 1 aliphatic rings. The first-order valence-electron chi connectivity index (χ1n) is 4.44. The van der Waals surface area contributed by atoms with Crippen molar-refractivity contribution >= 4 is 0 Å². The van der Waals surface area contributed by atoms with Crippen molar-refractivity contribution in [1.82, 2.24) is 4.90 Å². The van der Waals surface area contributed by atoms with Gasteiger partial charge in [-0.1, -0.05) is 12.8 Å². The summed E-state index contributed by atoms with van der Waals surface area (Å²) in [6, 6.07) is 0.336. The number of rotatable bonds is 1. The molecule has 0 aromatic rings. The highest BCUT2D eigenvalue weighted by molar-refractivity contribution is 4.97. The van der Waals surface area contributed by atoms with Crippen LogP contribution in [0.2, 0.25) is 0 Å². The van der Waals surface area contributed by atoms with Crippen molar-refractivity contribution in [1.29, 1.82) is 0 Å². The van der Waals surface area contributed by atoms with Crippen molar-refractivity contribution in [2.45, 2.75) is 32.7 Å². The van der Waals surface area contributed by atoms with E-state index in [2.05, 4.69) is 24.7 Å². The highest BCUT2D eigenvalue weighted by Gasteiger charge is 2.18. The van der Waals surface area contributed by atoms with Gasteiger partial charge in [-0.15, -0.1) is 6.42 Å². The first kappa shape index (κ1) is 8.62. The largest absolute Gasteiger partial charge is 0.290 e. The zero-order chi connectivity index (χ0) is 8.27. The molecule has 0 aliphatic carbocycles. The minimum atomic E-state index is 0.336. The van der Waals surface area contributed by atoms with Crippen molar-refractivity contribution in [3.8, 4) is 12.3 Å². The van der Waals surface area contributed by atoms with Gasteiger partial charge in [-0.25, -0.2) is 0 Å². The molecule has 0 spiro atoms. The van der Waals surface area contributed by atoms with Crippen LogP contribution in [0, 0.1) is 18.3 Å². The zero-order valence-corrected chi connectivity index (χ0v) is 7.51. The predicted octanol–water partition coefficient (Wildman–Crippen LogP) is 1.74. The van der Waals surface area contributed by atoms with Gasteiger partial charge in [0, 0.05) is 0 Å². The summed E-state index contributed by atoms with van der Waals surface area (Å²) in [5.74, 6) is 3.67. The summed E-state index contributed by atoms with van der Waals surface area (Å²) in [5, 5.41) is 0. The second kappa shape index (κ2) is 3.78. The quantitative estimate of drug-likeness (QED) is 0.516. The molecule has 1 aliphatic heterocycles. The van der Waals surface area contributed by atoms with Crippen LogP contribution in [-0.2, 0) is 0 Å². The Balaban J connectivity index is 2.34. The molecule has 1 fully saturated rings. The Labute approximate surface area is 69.8 Å². The van der Waals surface area contributed by atoms with Crippen LogP contribution in [0.5, 0.6) is 0 Å². The van der Waals surface area contributed by atoms with Crippen LogP contribution < -0.4 is 0 Å². The van der Waals surface area contributed by atoms with E-state index in [1.54, 1.807) is 0 Å². The SMILES string of the molecule is C#CC(C)N1CCC(C)CC1. The molecule has 11 heavy (non-hydrogen) atoms. The molecule has 1 nitrogen and oxygen atoms in total. The molecular weight excluding hydrogens is 134 g/mol. The van der Waals surface area contributed by atoms with Crippen molar-refractivity contribution in [2.24, 2.45) is 5.92 Å². The standard InChI is InChI=1S/C10H17N/c1-4-10(3)11-7-5-9(2)6-8-11/h1,9-10H,5-8H2,2-3H3. The highest BCUT2D eigenvalue weighted by Crippen LogP contribution is 2.17. The molecule has 0 amide bonds. The molecule has 0 N–H and O–H groups in total. The molecule has 1 heterocycles. The molecule has 1 heteroatoms. The van der Waals surface area contributed by atoms with Gasteiger partial charge in [-0.2, -0.15) is 0 Å². The Kier molecular flexibility index (Phi) is 2.96. The fourth-order valence-corrected chi connectivity index (χ4v) is 1.52. The van der Waals surface area contributed by atoms with Crippen LogP contribution >= 0.6 is 0 Å². The molecule has 0 radical (unpaired) electrons. The van der Waals surface area contributed by atoms with E-state index in [-0.39, 0.29) is 0 Å². The fraction of sp³-hybridized carbons (Fsp3) is 0.800. The van der Waals surface area contributed by atoms with Gasteiger partial charge < -0.3 is 0 Å². The second-order valence-corrected chi connectivity index (χ2v) is 3.56. The van der Waals surface area contributed by atoms with Crippen LogP contribution in [-0.4, -0.2) is 24.0 Å². The van der Waals surface area contributed by atoms with Crippen LogP contribution in [0.3, 0.4) is 0 Å². The minimum absolute atomic E-state index is 0.336. The van der Waals surface area contributed by atoms with E-state index in [9.17, 15) is 0 Å². The van der Waals surface area contributed by atoms with Gasteiger partial charge in [0.1, 0.15) is 0 Å². The minimum Gasteiger partial charge on any atom is -0.290 e. The van der Waals surface area contributed by atoms with Crippen molar-refractivity contribution in [2.75, 3.05) is 13.1 Å². The molecule has 1 atom stereocenters. The van der Waals surface area contributed by atoms with Crippen molar-refractivity contribution < 1.29 is 0 Å². The number of likely N-dealkylation sites (tertiary alicyclic amines) is 1. The van der Waals surface area contributed by atoms with Crippen LogP contribution in [0.15, 0.2) is 0 Å². The van der Waals surface area contributed by atoms with Gasteiger partial charge in [-0.3, -0.25) is 4.90 Å². The molecule has 0 saturated carbocycles. The Hall–Kier alpha value is -0.480. The van der Waals surface area contributed by atoms with Gasteiger partial charge >= 0.3 is 0 Å². The van der Waals surface area contributed by atoms with E-state index >= 15 is 0 Å². The summed E-state index contributed by atoms with van der Waals surface area (Å²) < 4.78 is 0. The number of piperidine rings is 1. The van der Waals surface area contributed by atoms with E-state index in [1.165, 1.54) is 25.9 Å². The summed E-state index contributed by atoms with van der Waals surface area (Å²) in [5.41, 5.74) is 0. The third-order valence-corrected chi connectivity index (χ3v) is 2.61. The smallest absolute Gasteiger partial charge is 0.0683 e. The summed E-state index contributed by atoms with van der Waals surface area (Å²) >= 11 is 0. The second-order valence-electron chi connectivity index (χ2n) is 3.56. The number of hydrogen-bond acceptors (Lipinski definition) is 1. The first-order chi connectivity index (χ1) is 5.24. The van der Waals surface area contributed by atoms with E-state index in [4.69, 9.17) is 6.42 Å². The van der Waals surface area contributed by atoms with Crippen LogP contribution in [0.1, 0.15) is 26.7 Å². The number of hydrogen-bond donors (Lipinski definition) is 0. The lowest BCUT2D eigenvalue weighted by atomic mass is 9.98. The molecule has 1 unspecified atom stereocenters. The molecule has 0 aromatic carbocycles. The Bertz CT molecular complexity index is 149. The third-order valence-electron chi connectivity index (χ3n) is 2.61. The molecule has 0 bridgehead atoms. The Morgan fingerprint density at radius 1 is 1.45 bits per heavy atom. The summed E-state index contributed by atoms with van der Waals surface area (Å²) in [4.78, 5) is 2.39. The molecule has 0 aromatic heterocycles. The molecule has 1 saturated heterocycles. The van der Waals surface area contributed by atoms with Gasteiger partial charge in [0.25, 0.3) is 0 Å². The van der Waals surface area contributed by atoms with Crippen molar-refractivity contribution in [3.05, 3.63) is 0 Å². The lowest BCUT2D eigenvalue weighted by Gasteiger charge is -2.32. The van der Waals surface area contributed by atoms with Crippen LogP contribution in [0.4, 0.5) is 0 Å². The number of terminal acetylenes is 1.